The predicted octanol–water partition coefficient (Wildman–Crippen LogP) is 0.965. The summed E-state index contributed by atoms with van der Waals surface area (Å²) in [6.07, 6.45) is 1.91. The molecular formula is C15H19N5O2. The van der Waals surface area contributed by atoms with Gasteiger partial charge in [-0.1, -0.05) is 12.1 Å². The van der Waals surface area contributed by atoms with Crippen molar-refractivity contribution in [1.82, 2.24) is 20.1 Å². The molecule has 1 amide bonds. The third-order valence-electron chi connectivity index (χ3n) is 3.78. The fraction of sp³-hybridized carbons (Fsp3) is 0.400. The fourth-order valence-corrected chi connectivity index (χ4v) is 2.61. The SMILES string of the molecule is C=CCN1CCN(CC(=O)Nc2cccc3nonc23)CC1. The minimum atomic E-state index is -0.0485. The number of nitrogens with one attached hydrogen (secondary N) is 1. The Hall–Kier alpha value is -2.25. The quantitative estimate of drug-likeness (QED) is 0.829. The van der Waals surface area contributed by atoms with Crippen molar-refractivity contribution in [2.75, 3.05) is 44.6 Å². The van der Waals surface area contributed by atoms with E-state index in [0.29, 0.717) is 23.3 Å². The van der Waals surface area contributed by atoms with Gasteiger partial charge >= 0.3 is 0 Å². The van der Waals surface area contributed by atoms with Crippen LogP contribution in [0.15, 0.2) is 35.5 Å². The molecule has 0 bridgehead atoms. The number of carbonyl (C=O) groups excluding carboxylic acids is 1. The first-order valence-electron chi connectivity index (χ1n) is 7.33. The Morgan fingerprint density at radius 3 is 2.82 bits per heavy atom. The van der Waals surface area contributed by atoms with E-state index in [2.05, 4.69) is 32.0 Å². The van der Waals surface area contributed by atoms with Crippen LogP contribution in [0.5, 0.6) is 0 Å². The highest BCUT2D eigenvalue weighted by molar-refractivity contribution is 5.99. The van der Waals surface area contributed by atoms with Gasteiger partial charge in [0.2, 0.25) is 5.91 Å². The number of anilines is 1. The molecule has 1 aliphatic heterocycles. The van der Waals surface area contributed by atoms with Gasteiger partial charge in [0.15, 0.2) is 5.52 Å². The Bertz CT molecular complexity index is 661. The molecule has 0 radical (unpaired) electrons. The van der Waals surface area contributed by atoms with E-state index in [4.69, 9.17) is 4.63 Å². The third-order valence-corrected chi connectivity index (χ3v) is 3.78. The molecule has 1 aromatic heterocycles. The number of amides is 1. The van der Waals surface area contributed by atoms with Crippen molar-refractivity contribution in [2.45, 2.75) is 0 Å². The maximum absolute atomic E-state index is 12.2. The number of fused-ring (bicyclic) bond motifs is 1. The van der Waals surface area contributed by atoms with E-state index in [1.54, 1.807) is 12.1 Å². The van der Waals surface area contributed by atoms with Crippen molar-refractivity contribution in [3.8, 4) is 0 Å². The average molecular weight is 301 g/mol. The van der Waals surface area contributed by atoms with E-state index < -0.39 is 0 Å². The number of piperazine rings is 1. The van der Waals surface area contributed by atoms with Crippen molar-refractivity contribution >= 4 is 22.6 Å². The molecule has 7 heteroatoms. The van der Waals surface area contributed by atoms with Gasteiger partial charge in [-0.05, 0) is 22.4 Å². The van der Waals surface area contributed by atoms with Crippen molar-refractivity contribution in [3.05, 3.63) is 30.9 Å². The van der Waals surface area contributed by atoms with Gasteiger partial charge in [0, 0.05) is 32.7 Å². The Balaban J connectivity index is 1.55. The van der Waals surface area contributed by atoms with E-state index >= 15 is 0 Å². The zero-order chi connectivity index (χ0) is 15.4. The number of rotatable bonds is 5. The number of benzene rings is 1. The molecule has 3 rings (SSSR count). The highest BCUT2D eigenvalue weighted by atomic mass is 16.6. The monoisotopic (exact) mass is 301 g/mol. The predicted molar refractivity (Wildman–Crippen MR) is 83.5 cm³/mol. The molecule has 22 heavy (non-hydrogen) atoms. The van der Waals surface area contributed by atoms with Gasteiger partial charge in [-0.3, -0.25) is 14.6 Å². The molecule has 2 aromatic rings. The highest BCUT2D eigenvalue weighted by Crippen LogP contribution is 2.19. The van der Waals surface area contributed by atoms with Crippen LogP contribution in [0.1, 0.15) is 0 Å². The van der Waals surface area contributed by atoms with Gasteiger partial charge in [0.25, 0.3) is 0 Å². The molecule has 1 saturated heterocycles. The van der Waals surface area contributed by atoms with E-state index in [1.807, 2.05) is 12.1 Å². The number of carbonyl (C=O) groups is 1. The lowest BCUT2D eigenvalue weighted by molar-refractivity contribution is -0.117. The smallest absolute Gasteiger partial charge is 0.238 e. The summed E-state index contributed by atoms with van der Waals surface area (Å²) in [5, 5.41) is 10.5. The molecule has 0 saturated carbocycles. The molecule has 0 aliphatic carbocycles. The van der Waals surface area contributed by atoms with E-state index in [-0.39, 0.29) is 5.91 Å². The summed E-state index contributed by atoms with van der Waals surface area (Å²) in [6.45, 7) is 8.73. The summed E-state index contributed by atoms with van der Waals surface area (Å²) in [5.74, 6) is -0.0485. The second-order valence-corrected chi connectivity index (χ2v) is 5.35. The summed E-state index contributed by atoms with van der Waals surface area (Å²) in [5.41, 5.74) is 1.84. The second kappa shape index (κ2) is 6.67. The van der Waals surface area contributed by atoms with E-state index in [0.717, 1.165) is 32.7 Å². The molecule has 1 fully saturated rings. The minimum Gasteiger partial charge on any atom is -0.323 e. The number of aromatic nitrogens is 2. The van der Waals surface area contributed by atoms with Crippen LogP contribution in [-0.4, -0.2) is 65.3 Å². The number of hydrogen-bond acceptors (Lipinski definition) is 6. The molecule has 0 atom stereocenters. The van der Waals surface area contributed by atoms with Crippen LogP contribution in [0, 0.1) is 0 Å². The van der Waals surface area contributed by atoms with Crippen LogP contribution in [0.25, 0.3) is 11.0 Å². The van der Waals surface area contributed by atoms with Crippen molar-refractivity contribution in [1.29, 1.82) is 0 Å². The van der Waals surface area contributed by atoms with Crippen molar-refractivity contribution < 1.29 is 9.42 Å². The zero-order valence-corrected chi connectivity index (χ0v) is 12.4. The fourth-order valence-electron chi connectivity index (χ4n) is 2.61. The lowest BCUT2D eigenvalue weighted by Gasteiger charge is -2.33. The molecule has 7 nitrogen and oxygen atoms in total. The van der Waals surface area contributed by atoms with Crippen molar-refractivity contribution in [2.24, 2.45) is 0 Å². The first-order chi connectivity index (χ1) is 10.8. The third kappa shape index (κ3) is 3.32. The molecule has 1 aliphatic rings. The summed E-state index contributed by atoms with van der Waals surface area (Å²) in [7, 11) is 0. The summed E-state index contributed by atoms with van der Waals surface area (Å²) >= 11 is 0. The summed E-state index contributed by atoms with van der Waals surface area (Å²) in [4.78, 5) is 16.7. The Kier molecular flexibility index (Phi) is 4.45. The molecule has 0 spiro atoms. The summed E-state index contributed by atoms with van der Waals surface area (Å²) in [6, 6.07) is 5.41. The maximum atomic E-state index is 12.2. The maximum Gasteiger partial charge on any atom is 0.238 e. The first-order valence-corrected chi connectivity index (χ1v) is 7.33. The molecule has 116 valence electrons. The van der Waals surface area contributed by atoms with Gasteiger partial charge in [0.05, 0.1) is 12.2 Å². The van der Waals surface area contributed by atoms with Crippen LogP contribution in [-0.2, 0) is 4.79 Å². The molecule has 0 unspecified atom stereocenters. The average Bonchev–Trinajstić information content (AvgIpc) is 2.99. The minimum absolute atomic E-state index is 0.0485. The van der Waals surface area contributed by atoms with E-state index in [1.165, 1.54) is 0 Å². The standard InChI is InChI=1S/C15H19N5O2/c1-2-6-19-7-9-20(10-8-19)11-14(21)16-12-4-3-5-13-15(12)18-22-17-13/h2-5H,1,6-11H2,(H,16,21). The Morgan fingerprint density at radius 1 is 1.27 bits per heavy atom. The Labute approximate surface area is 128 Å². The number of nitrogens with zero attached hydrogens (tertiary/aromatic N) is 4. The van der Waals surface area contributed by atoms with Gasteiger partial charge in [-0.2, -0.15) is 0 Å². The van der Waals surface area contributed by atoms with Crippen LogP contribution in [0.4, 0.5) is 5.69 Å². The van der Waals surface area contributed by atoms with Gasteiger partial charge in [-0.15, -0.1) is 6.58 Å². The molecular weight excluding hydrogens is 282 g/mol. The van der Waals surface area contributed by atoms with Crippen LogP contribution in [0.3, 0.4) is 0 Å². The van der Waals surface area contributed by atoms with Crippen LogP contribution < -0.4 is 5.32 Å². The van der Waals surface area contributed by atoms with Gasteiger partial charge in [-0.25, -0.2) is 4.63 Å². The van der Waals surface area contributed by atoms with Gasteiger partial charge in [0.1, 0.15) is 5.52 Å². The highest BCUT2D eigenvalue weighted by Gasteiger charge is 2.18. The lowest BCUT2D eigenvalue weighted by atomic mass is 10.2. The van der Waals surface area contributed by atoms with Crippen LogP contribution >= 0.6 is 0 Å². The molecule has 1 aromatic carbocycles. The Morgan fingerprint density at radius 2 is 2.05 bits per heavy atom. The molecule has 2 heterocycles. The normalized spacial score (nSPS) is 16.7. The first kappa shape index (κ1) is 14.7. The summed E-state index contributed by atoms with van der Waals surface area (Å²) < 4.78 is 4.70. The lowest BCUT2D eigenvalue weighted by Crippen LogP contribution is -2.48. The van der Waals surface area contributed by atoms with Crippen molar-refractivity contribution in [3.63, 3.8) is 0 Å². The second-order valence-electron chi connectivity index (χ2n) is 5.35. The van der Waals surface area contributed by atoms with Crippen LogP contribution in [0.2, 0.25) is 0 Å². The largest absolute Gasteiger partial charge is 0.323 e. The molecule has 1 N–H and O–H groups in total. The zero-order valence-electron chi connectivity index (χ0n) is 12.4. The van der Waals surface area contributed by atoms with E-state index in [9.17, 15) is 4.79 Å². The van der Waals surface area contributed by atoms with Gasteiger partial charge < -0.3 is 5.32 Å². The number of hydrogen-bond donors (Lipinski definition) is 1. The topological polar surface area (TPSA) is 74.5 Å².